The summed E-state index contributed by atoms with van der Waals surface area (Å²) in [5, 5.41) is 4.36. The summed E-state index contributed by atoms with van der Waals surface area (Å²) >= 11 is 0. The molecule has 0 saturated heterocycles. The first kappa shape index (κ1) is 25.2. The maximum atomic E-state index is 13.5. The van der Waals surface area contributed by atoms with Gasteiger partial charge in [0.25, 0.3) is 15.9 Å². The zero-order valence-electron chi connectivity index (χ0n) is 20.5. The molecule has 0 aromatic heterocycles. The molecule has 3 aromatic rings. The molecule has 0 bridgehead atoms. The molecule has 1 amide bonds. The van der Waals surface area contributed by atoms with E-state index in [1.807, 2.05) is 25.1 Å². The quantitative estimate of drug-likeness (QED) is 0.464. The van der Waals surface area contributed by atoms with Crippen LogP contribution in [0.5, 0.6) is 11.5 Å². The lowest BCUT2D eigenvalue weighted by Gasteiger charge is -2.24. The highest BCUT2D eigenvalue weighted by Gasteiger charge is 2.27. The lowest BCUT2D eigenvalue weighted by atomic mass is 9.90. The molecule has 1 N–H and O–H groups in total. The number of sulfonamides is 1. The number of aryl methyl sites for hydroxylation is 2. The minimum absolute atomic E-state index is 0.0955. The van der Waals surface area contributed by atoms with E-state index in [0.29, 0.717) is 17.9 Å². The van der Waals surface area contributed by atoms with Crippen molar-refractivity contribution >= 4 is 27.3 Å². The van der Waals surface area contributed by atoms with Crippen LogP contribution in [-0.4, -0.2) is 40.8 Å². The highest BCUT2D eigenvalue weighted by Crippen LogP contribution is 2.27. The fourth-order valence-electron chi connectivity index (χ4n) is 4.08. The summed E-state index contributed by atoms with van der Waals surface area (Å²) in [5.41, 5.74) is 6.66. The second-order valence-corrected chi connectivity index (χ2v) is 10.4. The molecule has 0 spiro atoms. The summed E-state index contributed by atoms with van der Waals surface area (Å²) in [6, 6.07) is 18.8. The summed E-state index contributed by atoms with van der Waals surface area (Å²) in [5.74, 6) is 0.806. The van der Waals surface area contributed by atoms with Gasteiger partial charge in [-0.05, 0) is 86.3 Å². The minimum atomic E-state index is -4.02. The fraction of sp³-hybridized carbons (Fsp3) is 0.259. The van der Waals surface area contributed by atoms with Crippen molar-refractivity contribution in [3.63, 3.8) is 0 Å². The third-order valence-electron chi connectivity index (χ3n) is 6.06. The molecule has 0 heterocycles. The molecule has 0 unspecified atom stereocenters. The largest absolute Gasteiger partial charge is 0.497 e. The average molecular weight is 508 g/mol. The molecule has 0 atom stereocenters. The van der Waals surface area contributed by atoms with Gasteiger partial charge in [-0.1, -0.05) is 17.7 Å². The van der Waals surface area contributed by atoms with Crippen molar-refractivity contribution in [3.8, 4) is 11.5 Å². The number of hydrogen-bond acceptors (Lipinski definition) is 6. The molecule has 0 radical (unpaired) electrons. The van der Waals surface area contributed by atoms with Gasteiger partial charge in [0.2, 0.25) is 0 Å². The van der Waals surface area contributed by atoms with Crippen molar-refractivity contribution in [2.45, 2.75) is 31.1 Å². The van der Waals surface area contributed by atoms with Gasteiger partial charge in [-0.3, -0.25) is 9.10 Å². The third kappa shape index (κ3) is 5.52. The number of rotatable bonds is 8. The van der Waals surface area contributed by atoms with Gasteiger partial charge in [0.15, 0.2) is 0 Å². The molecule has 0 fully saturated rings. The number of nitrogens with one attached hydrogen (secondary N) is 1. The number of methoxy groups -OCH3 is 2. The van der Waals surface area contributed by atoms with Crippen molar-refractivity contribution in [1.82, 2.24) is 5.43 Å². The number of ether oxygens (including phenoxy) is 2. The maximum absolute atomic E-state index is 13.5. The number of benzene rings is 3. The van der Waals surface area contributed by atoms with E-state index in [9.17, 15) is 13.2 Å². The highest BCUT2D eigenvalue weighted by atomic mass is 32.2. The van der Waals surface area contributed by atoms with Crippen LogP contribution < -0.4 is 19.2 Å². The Balaban J connectivity index is 1.59. The number of carbonyl (C=O) groups excluding carboxylic acids is 1. The molecule has 0 saturated carbocycles. The molecule has 36 heavy (non-hydrogen) atoms. The summed E-state index contributed by atoms with van der Waals surface area (Å²) in [4.78, 5) is 13.1. The van der Waals surface area contributed by atoms with Gasteiger partial charge in [0.05, 0.1) is 30.5 Å². The number of hydrogen-bond donors (Lipinski definition) is 1. The second-order valence-electron chi connectivity index (χ2n) is 8.49. The third-order valence-corrected chi connectivity index (χ3v) is 7.84. The topological polar surface area (TPSA) is 97.3 Å². The summed E-state index contributed by atoms with van der Waals surface area (Å²) in [7, 11) is -0.862. The molecule has 1 aliphatic rings. The minimum Gasteiger partial charge on any atom is -0.497 e. The summed E-state index contributed by atoms with van der Waals surface area (Å²) < 4.78 is 38.6. The van der Waals surface area contributed by atoms with Gasteiger partial charge in [-0.15, -0.1) is 0 Å². The Morgan fingerprint density at radius 1 is 0.944 bits per heavy atom. The summed E-state index contributed by atoms with van der Waals surface area (Å²) in [6.45, 7) is 1.44. The van der Waals surface area contributed by atoms with Gasteiger partial charge >= 0.3 is 0 Å². The number of carbonyl (C=O) groups is 1. The summed E-state index contributed by atoms with van der Waals surface area (Å²) in [6.07, 6.45) is 2.51. The van der Waals surface area contributed by atoms with Gasteiger partial charge in [-0.25, -0.2) is 13.8 Å². The molecular weight excluding hydrogens is 478 g/mol. The number of nitrogens with zero attached hydrogens (tertiary/aromatic N) is 2. The van der Waals surface area contributed by atoms with Crippen LogP contribution in [0, 0.1) is 6.92 Å². The zero-order chi connectivity index (χ0) is 25.7. The molecule has 3 aromatic carbocycles. The number of anilines is 1. The smallest absolute Gasteiger partial charge is 0.264 e. The first-order valence-corrected chi connectivity index (χ1v) is 13.0. The predicted molar refractivity (Wildman–Crippen MR) is 139 cm³/mol. The normalized spacial score (nSPS) is 14.1. The Kier molecular flexibility index (Phi) is 7.59. The molecule has 188 valence electrons. The Bertz CT molecular complexity index is 1370. The standard InChI is InChI=1S/C27H29N3O5S/c1-19-7-14-24(15-8-19)36(32,33)30(21-9-11-22(34-2)12-10-21)18-27(31)29-28-26-6-4-5-20-17-23(35-3)13-16-25(20)26/h7-17H,4-6,18H2,1-3H3,(H,29,31)/b28-26-. The zero-order valence-corrected chi connectivity index (χ0v) is 21.3. The van der Waals surface area contributed by atoms with E-state index in [1.54, 1.807) is 43.5 Å². The van der Waals surface area contributed by atoms with Crippen LogP contribution in [0.1, 0.15) is 29.5 Å². The van der Waals surface area contributed by atoms with Crippen LogP contribution in [0.3, 0.4) is 0 Å². The monoisotopic (exact) mass is 507 g/mol. The van der Waals surface area contributed by atoms with Gasteiger partial charge in [0.1, 0.15) is 18.0 Å². The van der Waals surface area contributed by atoms with Gasteiger partial charge < -0.3 is 9.47 Å². The lowest BCUT2D eigenvalue weighted by Crippen LogP contribution is -2.40. The van der Waals surface area contributed by atoms with Gasteiger partial charge in [-0.2, -0.15) is 5.10 Å². The molecule has 0 aliphatic heterocycles. The van der Waals surface area contributed by atoms with Crippen LogP contribution in [-0.2, 0) is 21.2 Å². The van der Waals surface area contributed by atoms with E-state index in [0.717, 1.165) is 45.3 Å². The van der Waals surface area contributed by atoms with E-state index < -0.39 is 22.5 Å². The molecule has 4 rings (SSSR count). The lowest BCUT2D eigenvalue weighted by molar-refractivity contribution is -0.119. The number of fused-ring (bicyclic) bond motifs is 1. The highest BCUT2D eigenvalue weighted by molar-refractivity contribution is 7.92. The number of hydrazone groups is 1. The molecule has 9 heteroatoms. The van der Waals surface area contributed by atoms with Crippen LogP contribution >= 0.6 is 0 Å². The van der Waals surface area contributed by atoms with Crippen LogP contribution in [0.2, 0.25) is 0 Å². The van der Waals surface area contributed by atoms with Crippen molar-refractivity contribution in [2.24, 2.45) is 5.10 Å². The SMILES string of the molecule is COc1ccc(N(CC(=O)N/N=C2/CCCc3cc(OC)ccc32)S(=O)(=O)c2ccc(C)cc2)cc1. The van der Waals surface area contributed by atoms with E-state index in [2.05, 4.69) is 10.5 Å². The van der Waals surface area contributed by atoms with Crippen LogP contribution in [0.4, 0.5) is 5.69 Å². The first-order chi connectivity index (χ1) is 17.3. The average Bonchev–Trinajstić information content (AvgIpc) is 2.90. The molecular formula is C27H29N3O5S. The predicted octanol–water partition coefficient (Wildman–Crippen LogP) is 4.06. The van der Waals surface area contributed by atoms with Crippen molar-refractivity contribution < 1.29 is 22.7 Å². The van der Waals surface area contributed by atoms with E-state index in [4.69, 9.17) is 9.47 Å². The Hall–Kier alpha value is -3.85. The van der Waals surface area contributed by atoms with Gasteiger partial charge in [0, 0.05) is 5.56 Å². The van der Waals surface area contributed by atoms with E-state index in [1.165, 1.54) is 19.2 Å². The maximum Gasteiger partial charge on any atom is 0.264 e. The van der Waals surface area contributed by atoms with Crippen molar-refractivity contribution in [2.75, 3.05) is 25.1 Å². The Morgan fingerprint density at radius 3 is 2.28 bits per heavy atom. The second kappa shape index (κ2) is 10.8. The van der Waals surface area contributed by atoms with Crippen molar-refractivity contribution in [1.29, 1.82) is 0 Å². The van der Waals surface area contributed by atoms with Crippen LogP contribution in [0.15, 0.2) is 76.7 Å². The Morgan fingerprint density at radius 2 is 1.61 bits per heavy atom. The number of amides is 1. The Labute approximate surface area is 211 Å². The van der Waals surface area contributed by atoms with Crippen LogP contribution in [0.25, 0.3) is 0 Å². The first-order valence-electron chi connectivity index (χ1n) is 11.6. The molecule has 8 nitrogen and oxygen atoms in total. The van der Waals surface area contributed by atoms with E-state index >= 15 is 0 Å². The molecule has 1 aliphatic carbocycles. The van der Waals surface area contributed by atoms with Crippen molar-refractivity contribution in [3.05, 3.63) is 83.4 Å². The van der Waals surface area contributed by atoms with E-state index in [-0.39, 0.29) is 4.90 Å². The fourth-order valence-corrected chi connectivity index (χ4v) is 5.50.